The van der Waals surface area contributed by atoms with Gasteiger partial charge in [0.15, 0.2) is 17.0 Å². The summed E-state index contributed by atoms with van der Waals surface area (Å²) in [5.74, 6) is -1.11. The monoisotopic (exact) mass is 366 g/mol. The molecule has 0 radical (unpaired) electrons. The van der Waals surface area contributed by atoms with Gasteiger partial charge in [0.05, 0.1) is 25.6 Å². The molecule has 138 valence electrons. The van der Waals surface area contributed by atoms with Crippen molar-refractivity contribution >= 4 is 5.97 Å². The summed E-state index contributed by atoms with van der Waals surface area (Å²) in [5, 5.41) is 0. The molecule has 26 heavy (non-hydrogen) atoms. The molecule has 1 saturated heterocycles. The van der Waals surface area contributed by atoms with E-state index in [4.69, 9.17) is 9.47 Å². The van der Waals surface area contributed by atoms with E-state index in [1.807, 2.05) is 0 Å². The zero-order valence-electron chi connectivity index (χ0n) is 14.0. The van der Waals surface area contributed by atoms with Crippen LogP contribution in [-0.2, 0) is 15.7 Å². The van der Waals surface area contributed by atoms with Crippen LogP contribution in [0.15, 0.2) is 49.3 Å². The van der Waals surface area contributed by atoms with Crippen LogP contribution in [0.4, 0.5) is 13.2 Å². The van der Waals surface area contributed by atoms with Crippen LogP contribution in [-0.4, -0.2) is 34.3 Å². The van der Waals surface area contributed by atoms with E-state index < -0.39 is 35.2 Å². The van der Waals surface area contributed by atoms with Gasteiger partial charge in [0.1, 0.15) is 0 Å². The van der Waals surface area contributed by atoms with Crippen LogP contribution in [0.5, 0.6) is 0 Å². The molecule has 0 amide bonds. The molecule has 0 saturated carbocycles. The molecule has 0 unspecified atom stereocenters. The van der Waals surface area contributed by atoms with E-state index >= 15 is 0 Å². The molecule has 1 aromatic heterocycles. The Morgan fingerprint density at radius 2 is 2.04 bits per heavy atom. The van der Waals surface area contributed by atoms with Crippen molar-refractivity contribution in [1.82, 2.24) is 9.55 Å². The van der Waals surface area contributed by atoms with E-state index in [2.05, 4.69) is 11.6 Å². The number of aromatic nitrogens is 2. The van der Waals surface area contributed by atoms with Crippen molar-refractivity contribution in [2.24, 2.45) is 0 Å². The number of hydrogen-bond acceptors (Lipinski definition) is 4. The SMILES string of the molecule is C=CC1(OC(=O)c2c(C(F)(F)F)ncn2[C@H](C)c2ccccc2)COC1. The van der Waals surface area contributed by atoms with Crippen molar-refractivity contribution in [3.63, 3.8) is 0 Å². The number of carbonyl (C=O) groups excluding carboxylic acids is 1. The number of carbonyl (C=O) groups is 1. The number of imidazole rings is 1. The normalized spacial score (nSPS) is 17.2. The predicted molar refractivity (Wildman–Crippen MR) is 86.6 cm³/mol. The summed E-state index contributed by atoms with van der Waals surface area (Å²) in [4.78, 5) is 16.0. The quantitative estimate of drug-likeness (QED) is 0.599. The lowest BCUT2D eigenvalue weighted by atomic mass is 10.0. The zero-order chi connectivity index (χ0) is 18.9. The molecule has 2 aromatic rings. The van der Waals surface area contributed by atoms with Gasteiger partial charge < -0.3 is 14.0 Å². The Morgan fingerprint density at radius 1 is 1.38 bits per heavy atom. The Labute approximate surface area is 148 Å². The topological polar surface area (TPSA) is 53.3 Å². The molecule has 1 aromatic carbocycles. The van der Waals surface area contributed by atoms with Crippen LogP contribution in [0.2, 0.25) is 0 Å². The maximum atomic E-state index is 13.4. The molecule has 5 nitrogen and oxygen atoms in total. The van der Waals surface area contributed by atoms with Gasteiger partial charge >= 0.3 is 12.1 Å². The minimum Gasteiger partial charge on any atom is -0.445 e. The second-order valence-corrected chi connectivity index (χ2v) is 6.08. The molecule has 1 atom stereocenters. The Kier molecular flexibility index (Phi) is 4.62. The molecule has 0 N–H and O–H groups in total. The molecule has 8 heteroatoms. The highest BCUT2D eigenvalue weighted by Crippen LogP contribution is 2.34. The van der Waals surface area contributed by atoms with Crippen LogP contribution in [0, 0.1) is 0 Å². The number of esters is 1. The third-order valence-electron chi connectivity index (χ3n) is 4.32. The highest BCUT2D eigenvalue weighted by atomic mass is 19.4. The molecule has 1 fully saturated rings. The first-order valence-corrected chi connectivity index (χ1v) is 7.91. The molecule has 3 rings (SSSR count). The lowest BCUT2D eigenvalue weighted by molar-refractivity contribution is -0.154. The largest absolute Gasteiger partial charge is 0.445 e. The van der Waals surface area contributed by atoms with Crippen molar-refractivity contribution < 1.29 is 27.4 Å². The van der Waals surface area contributed by atoms with Crippen LogP contribution in [0.25, 0.3) is 0 Å². The van der Waals surface area contributed by atoms with E-state index in [0.717, 1.165) is 11.9 Å². The van der Waals surface area contributed by atoms with Crippen LogP contribution in [0.1, 0.15) is 34.7 Å². The maximum Gasteiger partial charge on any atom is 0.435 e. The zero-order valence-corrected chi connectivity index (χ0v) is 14.0. The minimum absolute atomic E-state index is 0.0615. The van der Waals surface area contributed by atoms with Crippen molar-refractivity contribution in [3.8, 4) is 0 Å². The highest BCUT2D eigenvalue weighted by Gasteiger charge is 2.45. The fourth-order valence-corrected chi connectivity index (χ4v) is 2.71. The number of hydrogen-bond donors (Lipinski definition) is 0. The van der Waals surface area contributed by atoms with Gasteiger partial charge in [-0.05, 0) is 18.6 Å². The summed E-state index contributed by atoms with van der Waals surface area (Å²) >= 11 is 0. The molecular formula is C18H17F3N2O3. The van der Waals surface area contributed by atoms with Gasteiger partial charge in [-0.2, -0.15) is 13.2 Å². The van der Waals surface area contributed by atoms with E-state index in [9.17, 15) is 18.0 Å². The van der Waals surface area contributed by atoms with E-state index in [1.54, 1.807) is 37.3 Å². The summed E-state index contributed by atoms with van der Waals surface area (Å²) in [6.45, 7) is 5.37. The Hall–Kier alpha value is -2.61. The molecule has 0 spiro atoms. The Morgan fingerprint density at radius 3 is 2.54 bits per heavy atom. The fourth-order valence-electron chi connectivity index (χ4n) is 2.71. The molecule has 0 bridgehead atoms. The second-order valence-electron chi connectivity index (χ2n) is 6.08. The number of rotatable bonds is 5. The van der Waals surface area contributed by atoms with Crippen LogP contribution >= 0.6 is 0 Å². The van der Waals surface area contributed by atoms with Crippen LogP contribution in [0.3, 0.4) is 0 Å². The maximum absolute atomic E-state index is 13.4. The summed E-state index contributed by atoms with van der Waals surface area (Å²) < 4.78 is 51.6. The second kappa shape index (κ2) is 6.60. The lowest BCUT2D eigenvalue weighted by Gasteiger charge is -2.37. The third-order valence-corrected chi connectivity index (χ3v) is 4.32. The van der Waals surface area contributed by atoms with Gasteiger partial charge in [0.25, 0.3) is 0 Å². The fraction of sp³-hybridized carbons (Fsp3) is 0.333. The van der Waals surface area contributed by atoms with Gasteiger partial charge in [0.2, 0.25) is 0 Å². The Bertz CT molecular complexity index is 811. The summed E-state index contributed by atoms with van der Waals surface area (Å²) in [7, 11) is 0. The first-order chi connectivity index (χ1) is 12.3. The molecule has 1 aliphatic heterocycles. The summed E-state index contributed by atoms with van der Waals surface area (Å²) in [6.07, 6.45) is -2.41. The smallest absolute Gasteiger partial charge is 0.435 e. The lowest BCUT2D eigenvalue weighted by Crippen LogP contribution is -2.51. The third kappa shape index (κ3) is 3.24. The van der Waals surface area contributed by atoms with E-state index in [-0.39, 0.29) is 13.2 Å². The number of alkyl halides is 3. The number of benzene rings is 1. The number of nitrogens with zero attached hydrogens (tertiary/aromatic N) is 2. The predicted octanol–water partition coefficient (Wildman–Crippen LogP) is 3.62. The van der Waals surface area contributed by atoms with E-state index in [0.29, 0.717) is 0 Å². The van der Waals surface area contributed by atoms with E-state index in [1.165, 1.54) is 10.6 Å². The first-order valence-electron chi connectivity index (χ1n) is 7.91. The van der Waals surface area contributed by atoms with Gasteiger partial charge in [-0.1, -0.05) is 36.9 Å². The first kappa shape index (κ1) is 18.2. The standard InChI is InChI=1S/C18H17F3N2O3/c1-3-17(9-25-10-17)26-16(24)14-15(18(19,20)21)22-11-23(14)12(2)13-7-5-4-6-8-13/h3-8,11-12H,1,9-10H2,2H3/t12-/m1/s1. The molecular weight excluding hydrogens is 349 g/mol. The van der Waals surface area contributed by atoms with Gasteiger partial charge in [0, 0.05) is 0 Å². The molecule has 1 aliphatic rings. The van der Waals surface area contributed by atoms with Crippen molar-refractivity contribution in [3.05, 3.63) is 66.3 Å². The molecule has 2 heterocycles. The van der Waals surface area contributed by atoms with Crippen molar-refractivity contribution in [2.45, 2.75) is 24.7 Å². The van der Waals surface area contributed by atoms with Crippen molar-refractivity contribution in [1.29, 1.82) is 0 Å². The highest BCUT2D eigenvalue weighted by molar-refractivity contribution is 5.89. The van der Waals surface area contributed by atoms with Crippen molar-refractivity contribution in [2.75, 3.05) is 13.2 Å². The summed E-state index contributed by atoms with van der Waals surface area (Å²) in [6, 6.07) is 8.31. The van der Waals surface area contributed by atoms with Gasteiger partial charge in [-0.25, -0.2) is 9.78 Å². The molecule has 0 aliphatic carbocycles. The number of ether oxygens (including phenoxy) is 2. The average Bonchev–Trinajstić information content (AvgIpc) is 3.03. The van der Waals surface area contributed by atoms with Crippen LogP contribution < -0.4 is 0 Å². The summed E-state index contributed by atoms with van der Waals surface area (Å²) in [5.41, 5.74) is -2.28. The average molecular weight is 366 g/mol. The minimum atomic E-state index is -4.78. The van der Waals surface area contributed by atoms with Gasteiger partial charge in [-0.3, -0.25) is 0 Å². The number of halogens is 3. The van der Waals surface area contributed by atoms with Gasteiger partial charge in [-0.15, -0.1) is 0 Å². The Balaban J connectivity index is 2.02.